The molecule has 1 N–H and O–H groups in total. The molecular weight excluding hydrogens is 314 g/mol. The van der Waals surface area contributed by atoms with E-state index in [2.05, 4.69) is 22.4 Å². The number of aromatic nitrogens is 1. The third-order valence-corrected chi connectivity index (χ3v) is 4.80. The molecule has 5 nitrogen and oxygen atoms in total. The molecular formula is C20H25N3O2. The predicted octanol–water partition coefficient (Wildman–Crippen LogP) is 3.08. The van der Waals surface area contributed by atoms with E-state index in [1.54, 1.807) is 7.11 Å². The molecule has 5 heteroatoms. The lowest BCUT2D eigenvalue weighted by atomic mass is 9.91. The number of piperidine rings is 1. The first-order chi connectivity index (χ1) is 12.2. The SMILES string of the molecule is CNc1cc([C@@H]2CCCN(C(=O)Cc3ccc(OC)cc3)C2)ccn1. The Labute approximate surface area is 149 Å². The zero-order chi connectivity index (χ0) is 17.6. The van der Waals surface area contributed by atoms with Gasteiger partial charge in [0.15, 0.2) is 0 Å². The van der Waals surface area contributed by atoms with Crippen molar-refractivity contribution in [1.29, 1.82) is 0 Å². The molecule has 1 aliphatic rings. The summed E-state index contributed by atoms with van der Waals surface area (Å²) in [4.78, 5) is 19.0. The highest BCUT2D eigenvalue weighted by Crippen LogP contribution is 2.28. The van der Waals surface area contributed by atoms with Gasteiger partial charge in [-0.2, -0.15) is 0 Å². The number of methoxy groups -OCH3 is 1. The van der Waals surface area contributed by atoms with Gasteiger partial charge in [-0.1, -0.05) is 12.1 Å². The van der Waals surface area contributed by atoms with Gasteiger partial charge in [-0.3, -0.25) is 4.79 Å². The zero-order valence-electron chi connectivity index (χ0n) is 14.9. The van der Waals surface area contributed by atoms with E-state index in [0.717, 1.165) is 43.1 Å². The Morgan fingerprint density at radius 3 is 2.84 bits per heavy atom. The first-order valence-electron chi connectivity index (χ1n) is 8.74. The van der Waals surface area contributed by atoms with E-state index in [-0.39, 0.29) is 5.91 Å². The molecule has 1 saturated heterocycles. The van der Waals surface area contributed by atoms with E-state index in [1.807, 2.05) is 42.4 Å². The maximum Gasteiger partial charge on any atom is 0.227 e. The largest absolute Gasteiger partial charge is 0.497 e. The molecule has 132 valence electrons. The third-order valence-electron chi connectivity index (χ3n) is 4.80. The second-order valence-electron chi connectivity index (χ2n) is 6.43. The van der Waals surface area contributed by atoms with Gasteiger partial charge < -0.3 is 15.0 Å². The number of amides is 1. The molecule has 1 atom stereocenters. The quantitative estimate of drug-likeness (QED) is 0.909. The Morgan fingerprint density at radius 2 is 2.12 bits per heavy atom. The van der Waals surface area contributed by atoms with Gasteiger partial charge in [-0.15, -0.1) is 0 Å². The maximum absolute atomic E-state index is 12.7. The molecule has 2 heterocycles. The number of likely N-dealkylation sites (tertiary alicyclic amines) is 1. The van der Waals surface area contributed by atoms with Gasteiger partial charge >= 0.3 is 0 Å². The monoisotopic (exact) mass is 339 g/mol. The molecule has 0 saturated carbocycles. The van der Waals surface area contributed by atoms with E-state index < -0.39 is 0 Å². The topological polar surface area (TPSA) is 54.5 Å². The molecule has 0 spiro atoms. The van der Waals surface area contributed by atoms with Crippen LogP contribution in [0.15, 0.2) is 42.6 Å². The number of benzene rings is 1. The van der Waals surface area contributed by atoms with Crippen LogP contribution in [0, 0.1) is 0 Å². The summed E-state index contributed by atoms with van der Waals surface area (Å²) in [5, 5.41) is 3.08. The molecule has 3 rings (SSSR count). The standard InChI is InChI=1S/C20H25N3O2/c1-21-19-13-16(9-10-22-19)17-4-3-11-23(14-17)20(24)12-15-5-7-18(25-2)8-6-15/h5-10,13,17H,3-4,11-12,14H2,1-2H3,(H,21,22)/t17-/m1/s1. The Hall–Kier alpha value is -2.56. The predicted molar refractivity (Wildman–Crippen MR) is 99.0 cm³/mol. The number of nitrogens with one attached hydrogen (secondary N) is 1. The van der Waals surface area contributed by atoms with Gasteiger partial charge in [0.2, 0.25) is 5.91 Å². The molecule has 1 aliphatic heterocycles. The minimum Gasteiger partial charge on any atom is -0.497 e. The zero-order valence-corrected chi connectivity index (χ0v) is 14.9. The summed E-state index contributed by atoms with van der Waals surface area (Å²) in [6.07, 6.45) is 4.42. The normalized spacial score (nSPS) is 17.2. The van der Waals surface area contributed by atoms with Crippen LogP contribution in [0.4, 0.5) is 5.82 Å². The molecule has 1 amide bonds. The maximum atomic E-state index is 12.7. The third kappa shape index (κ3) is 4.29. The second-order valence-corrected chi connectivity index (χ2v) is 6.43. The van der Waals surface area contributed by atoms with Crippen LogP contribution in [0.25, 0.3) is 0 Å². The van der Waals surface area contributed by atoms with E-state index in [1.165, 1.54) is 5.56 Å². The van der Waals surface area contributed by atoms with Crippen LogP contribution < -0.4 is 10.1 Å². The number of ether oxygens (including phenoxy) is 1. The van der Waals surface area contributed by atoms with Gasteiger partial charge in [-0.25, -0.2) is 4.98 Å². The molecule has 0 bridgehead atoms. The summed E-state index contributed by atoms with van der Waals surface area (Å²) in [5.74, 6) is 2.26. The van der Waals surface area contributed by atoms with Crippen LogP contribution in [0.5, 0.6) is 5.75 Å². The molecule has 1 aromatic heterocycles. The van der Waals surface area contributed by atoms with Crippen molar-refractivity contribution in [1.82, 2.24) is 9.88 Å². The Balaban J connectivity index is 1.64. The molecule has 0 unspecified atom stereocenters. The van der Waals surface area contributed by atoms with Crippen molar-refractivity contribution in [3.63, 3.8) is 0 Å². The molecule has 0 aliphatic carbocycles. The van der Waals surface area contributed by atoms with Crippen LogP contribution in [0.2, 0.25) is 0 Å². The Kier molecular flexibility index (Phi) is 5.53. The fraction of sp³-hybridized carbons (Fsp3) is 0.400. The van der Waals surface area contributed by atoms with Gasteiger partial charge in [0.1, 0.15) is 11.6 Å². The number of carbonyl (C=O) groups excluding carboxylic acids is 1. The smallest absolute Gasteiger partial charge is 0.227 e. The Morgan fingerprint density at radius 1 is 1.32 bits per heavy atom. The number of hydrogen-bond acceptors (Lipinski definition) is 4. The highest BCUT2D eigenvalue weighted by molar-refractivity contribution is 5.79. The average molecular weight is 339 g/mol. The molecule has 2 aromatic rings. The van der Waals surface area contributed by atoms with Gasteiger partial charge in [-0.05, 0) is 48.2 Å². The van der Waals surface area contributed by atoms with Crippen molar-refractivity contribution >= 4 is 11.7 Å². The summed E-state index contributed by atoms with van der Waals surface area (Å²) in [7, 11) is 3.52. The molecule has 25 heavy (non-hydrogen) atoms. The van der Waals surface area contributed by atoms with Gasteiger partial charge in [0.25, 0.3) is 0 Å². The fourth-order valence-corrected chi connectivity index (χ4v) is 3.34. The number of carbonyl (C=O) groups is 1. The van der Waals surface area contributed by atoms with Gasteiger partial charge in [0.05, 0.1) is 13.5 Å². The van der Waals surface area contributed by atoms with Crippen LogP contribution in [-0.4, -0.2) is 43.0 Å². The molecule has 0 radical (unpaired) electrons. The van der Waals surface area contributed by atoms with E-state index in [0.29, 0.717) is 12.3 Å². The lowest BCUT2D eigenvalue weighted by Gasteiger charge is -2.33. The highest BCUT2D eigenvalue weighted by Gasteiger charge is 2.25. The van der Waals surface area contributed by atoms with E-state index >= 15 is 0 Å². The highest BCUT2D eigenvalue weighted by atomic mass is 16.5. The van der Waals surface area contributed by atoms with Crippen molar-refractivity contribution in [3.8, 4) is 5.75 Å². The van der Waals surface area contributed by atoms with Gasteiger partial charge in [0, 0.05) is 32.3 Å². The van der Waals surface area contributed by atoms with Crippen LogP contribution >= 0.6 is 0 Å². The first kappa shape index (κ1) is 17.3. The lowest BCUT2D eigenvalue weighted by molar-refractivity contribution is -0.131. The summed E-state index contributed by atoms with van der Waals surface area (Å²) in [5.41, 5.74) is 2.27. The summed E-state index contributed by atoms with van der Waals surface area (Å²) in [6.45, 7) is 1.62. The lowest BCUT2D eigenvalue weighted by Crippen LogP contribution is -2.39. The van der Waals surface area contributed by atoms with E-state index in [9.17, 15) is 4.79 Å². The fourth-order valence-electron chi connectivity index (χ4n) is 3.34. The van der Waals surface area contributed by atoms with Crippen LogP contribution in [0.3, 0.4) is 0 Å². The van der Waals surface area contributed by atoms with Crippen LogP contribution in [0.1, 0.15) is 29.9 Å². The van der Waals surface area contributed by atoms with Crippen molar-refractivity contribution in [2.24, 2.45) is 0 Å². The minimum atomic E-state index is 0.192. The molecule has 1 aromatic carbocycles. The minimum absolute atomic E-state index is 0.192. The van der Waals surface area contributed by atoms with Crippen molar-refractivity contribution in [3.05, 3.63) is 53.7 Å². The average Bonchev–Trinajstić information content (AvgIpc) is 2.68. The van der Waals surface area contributed by atoms with Crippen molar-refractivity contribution < 1.29 is 9.53 Å². The van der Waals surface area contributed by atoms with E-state index in [4.69, 9.17) is 4.74 Å². The number of hydrogen-bond donors (Lipinski definition) is 1. The number of anilines is 1. The summed E-state index contributed by atoms with van der Waals surface area (Å²) >= 11 is 0. The number of pyridine rings is 1. The summed E-state index contributed by atoms with van der Waals surface area (Å²) in [6, 6.07) is 11.9. The first-order valence-corrected chi connectivity index (χ1v) is 8.74. The number of rotatable bonds is 5. The number of nitrogens with zero attached hydrogens (tertiary/aromatic N) is 2. The molecule has 1 fully saturated rings. The van der Waals surface area contributed by atoms with Crippen molar-refractivity contribution in [2.75, 3.05) is 32.6 Å². The van der Waals surface area contributed by atoms with Crippen LogP contribution in [-0.2, 0) is 11.2 Å². The second kappa shape index (κ2) is 8.01. The Bertz CT molecular complexity index is 715. The summed E-state index contributed by atoms with van der Waals surface area (Å²) < 4.78 is 5.17. The van der Waals surface area contributed by atoms with Crippen molar-refractivity contribution in [2.45, 2.75) is 25.2 Å².